The van der Waals surface area contributed by atoms with Crippen molar-refractivity contribution in [3.05, 3.63) is 48.3 Å². The third-order valence-electron chi connectivity index (χ3n) is 7.78. The number of benzene rings is 1. The van der Waals surface area contributed by atoms with Gasteiger partial charge in [-0.2, -0.15) is 4.98 Å². The summed E-state index contributed by atoms with van der Waals surface area (Å²) in [6, 6.07) is 10.3. The first kappa shape index (κ1) is 24.2. The van der Waals surface area contributed by atoms with E-state index in [2.05, 4.69) is 34.2 Å². The lowest BCUT2D eigenvalue weighted by atomic mass is 9.84. The maximum atomic E-state index is 13.1. The van der Waals surface area contributed by atoms with Crippen molar-refractivity contribution in [3.63, 3.8) is 0 Å². The summed E-state index contributed by atoms with van der Waals surface area (Å²) in [6.07, 6.45) is 9.16. The van der Waals surface area contributed by atoms with E-state index in [0.717, 1.165) is 62.5 Å². The summed E-state index contributed by atoms with van der Waals surface area (Å²) in [5, 5.41) is 4.27. The van der Waals surface area contributed by atoms with Gasteiger partial charge in [-0.25, -0.2) is 4.98 Å². The molecule has 9 heteroatoms. The lowest BCUT2D eigenvalue weighted by Gasteiger charge is -2.38. The normalized spacial score (nSPS) is 21.1. The van der Waals surface area contributed by atoms with Crippen LogP contribution in [0.3, 0.4) is 0 Å². The molecule has 0 unspecified atom stereocenters. The van der Waals surface area contributed by atoms with E-state index < -0.39 is 5.91 Å². The number of hydrogen-bond donors (Lipinski definition) is 2. The molecule has 9 nitrogen and oxygen atoms in total. The number of aromatic nitrogens is 3. The summed E-state index contributed by atoms with van der Waals surface area (Å²) >= 11 is 0. The molecule has 190 valence electrons. The van der Waals surface area contributed by atoms with Gasteiger partial charge in [0.25, 0.3) is 5.91 Å². The minimum Gasteiger partial charge on any atom is -0.366 e. The minimum atomic E-state index is -0.467. The van der Waals surface area contributed by atoms with Crippen LogP contribution in [0.25, 0.3) is 16.7 Å². The van der Waals surface area contributed by atoms with E-state index in [9.17, 15) is 9.59 Å². The Kier molecular flexibility index (Phi) is 6.91. The first-order chi connectivity index (χ1) is 17.4. The Morgan fingerprint density at radius 1 is 1.03 bits per heavy atom. The van der Waals surface area contributed by atoms with Crippen LogP contribution in [0.15, 0.2) is 42.7 Å². The zero-order chi connectivity index (χ0) is 25.2. The Morgan fingerprint density at radius 3 is 2.44 bits per heavy atom. The van der Waals surface area contributed by atoms with Crippen molar-refractivity contribution >= 4 is 28.7 Å². The fraction of sp³-hybridized carbons (Fsp3) is 0.481. The molecule has 2 aromatic heterocycles. The highest BCUT2D eigenvalue weighted by Crippen LogP contribution is 2.29. The second-order valence-electron chi connectivity index (χ2n) is 10.2. The van der Waals surface area contributed by atoms with Gasteiger partial charge in [-0.05, 0) is 64.8 Å². The second kappa shape index (κ2) is 10.3. The Labute approximate surface area is 211 Å². The number of para-hydroxylation sites is 1. The third-order valence-corrected chi connectivity index (χ3v) is 7.78. The summed E-state index contributed by atoms with van der Waals surface area (Å²) in [6.45, 7) is 1.73. The first-order valence-corrected chi connectivity index (χ1v) is 12.9. The van der Waals surface area contributed by atoms with Gasteiger partial charge in [-0.3, -0.25) is 9.59 Å². The van der Waals surface area contributed by atoms with Gasteiger partial charge in [0.1, 0.15) is 5.82 Å². The number of piperidine rings is 1. The van der Waals surface area contributed by atoms with E-state index in [4.69, 9.17) is 10.7 Å². The van der Waals surface area contributed by atoms with Gasteiger partial charge in [0.2, 0.25) is 11.9 Å². The van der Waals surface area contributed by atoms with E-state index in [-0.39, 0.29) is 12.0 Å². The van der Waals surface area contributed by atoms with Crippen molar-refractivity contribution in [2.45, 2.75) is 50.6 Å². The SMILES string of the molecule is CN(C)C1CCN(C(=O)C2CCC(Nc3nccc(-n4cc(C(N)=O)c5ccccc54)n3)CC2)CC1. The standard InChI is InChI=1S/C27H35N7O2/c1-32(2)20-12-15-33(16-13-20)26(36)18-7-9-19(10-8-18)30-27-29-14-11-24(31-27)34-17-22(25(28)35)21-5-3-4-6-23(21)34/h3-6,11,14,17-20H,7-10,12-13,15-16H2,1-2H3,(H2,28,35)(H,29,30,31). The highest BCUT2D eigenvalue weighted by atomic mass is 16.2. The predicted octanol–water partition coefficient (Wildman–Crippen LogP) is 3.04. The molecular formula is C27H35N7O2. The number of anilines is 1. The number of amides is 2. The molecule has 5 rings (SSSR count). The number of primary amides is 1. The molecule has 3 aromatic rings. The summed E-state index contributed by atoms with van der Waals surface area (Å²) in [5.74, 6) is 1.19. The number of nitrogens with two attached hydrogens (primary N) is 1. The summed E-state index contributed by atoms with van der Waals surface area (Å²) in [5.41, 5.74) is 6.93. The molecular weight excluding hydrogens is 454 g/mol. The molecule has 2 amide bonds. The van der Waals surface area contributed by atoms with Gasteiger partial charge in [0.15, 0.2) is 0 Å². The maximum absolute atomic E-state index is 13.1. The van der Waals surface area contributed by atoms with Gasteiger partial charge >= 0.3 is 0 Å². The number of fused-ring (bicyclic) bond motifs is 1. The van der Waals surface area contributed by atoms with Crippen molar-refractivity contribution < 1.29 is 9.59 Å². The Hall–Kier alpha value is -3.46. The van der Waals surface area contributed by atoms with Crippen LogP contribution in [0.4, 0.5) is 5.95 Å². The average molecular weight is 490 g/mol. The quantitative estimate of drug-likeness (QED) is 0.551. The predicted molar refractivity (Wildman–Crippen MR) is 140 cm³/mol. The number of nitrogens with zero attached hydrogens (tertiary/aromatic N) is 5. The molecule has 2 aliphatic rings. The van der Waals surface area contributed by atoms with Crippen molar-refractivity contribution in [2.24, 2.45) is 11.7 Å². The van der Waals surface area contributed by atoms with Crippen LogP contribution in [0, 0.1) is 5.92 Å². The van der Waals surface area contributed by atoms with Crippen LogP contribution in [0.1, 0.15) is 48.9 Å². The molecule has 3 heterocycles. The second-order valence-corrected chi connectivity index (χ2v) is 10.2. The summed E-state index contributed by atoms with van der Waals surface area (Å²) in [7, 11) is 4.24. The highest BCUT2D eigenvalue weighted by molar-refractivity contribution is 6.06. The third kappa shape index (κ3) is 4.93. The van der Waals surface area contributed by atoms with Crippen LogP contribution in [0.5, 0.6) is 0 Å². The molecule has 0 atom stereocenters. The lowest BCUT2D eigenvalue weighted by Crippen LogP contribution is -2.47. The Morgan fingerprint density at radius 2 is 1.75 bits per heavy atom. The van der Waals surface area contributed by atoms with Crippen molar-refractivity contribution in [1.82, 2.24) is 24.3 Å². The fourth-order valence-electron chi connectivity index (χ4n) is 5.65. The topological polar surface area (TPSA) is 109 Å². The van der Waals surface area contributed by atoms with Crippen molar-refractivity contribution in [2.75, 3.05) is 32.5 Å². The van der Waals surface area contributed by atoms with E-state index in [0.29, 0.717) is 29.3 Å². The van der Waals surface area contributed by atoms with E-state index in [1.807, 2.05) is 34.9 Å². The number of carbonyl (C=O) groups excluding carboxylic acids is 2. The molecule has 1 aliphatic heterocycles. The molecule has 0 spiro atoms. The van der Waals surface area contributed by atoms with Gasteiger partial charge in [-0.1, -0.05) is 18.2 Å². The fourth-order valence-corrected chi connectivity index (χ4v) is 5.65. The van der Waals surface area contributed by atoms with Crippen LogP contribution >= 0.6 is 0 Å². The average Bonchev–Trinajstić information content (AvgIpc) is 3.29. The van der Waals surface area contributed by atoms with Gasteiger partial charge in [0.05, 0.1) is 11.1 Å². The number of carbonyl (C=O) groups is 2. The molecule has 0 radical (unpaired) electrons. The minimum absolute atomic E-state index is 0.115. The van der Waals surface area contributed by atoms with Crippen LogP contribution in [-0.4, -0.2) is 75.4 Å². The van der Waals surface area contributed by atoms with E-state index in [1.54, 1.807) is 12.4 Å². The number of rotatable bonds is 6. The van der Waals surface area contributed by atoms with Crippen molar-refractivity contribution in [3.8, 4) is 5.82 Å². The monoisotopic (exact) mass is 489 g/mol. The zero-order valence-electron chi connectivity index (χ0n) is 21.1. The number of likely N-dealkylation sites (tertiary alicyclic amines) is 1. The molecule has 2 fully saturated rings. The summed E-state index contributed by atoms with van der Waals surface area (Å²) in [4.78, 5) is 38.5. The zero-order valence-corrected chi connectivity index (χ0v) is 21.1. The van der Waals surface area contributed by atoms with Crippen LogP contribution in [-0.2, 0) is 4.79 Å². The van der Waals surface area contributed by atoms with E-state index >= 15 is 0 Å². The largest absolute Gasteiger partial charge is 0.366 e. The molecule has 1 saturated heterocycles. The molecule has 36 heavy (non-hydrogen) atoms. The van der Waals surface area contributed by atoms with Gasteiger partial charge in [0, 0.05) is 48.9 Å². The molecule has 1 aromatic carbocycles. The molecule has 1 saturated carbocycles. The highest BCUT2D eigenvalue weighted by Gasteiger charge is 2.32. The molecule has 1 aliphatic carbocycles. The van der Waals surface area contributed by atoms with Crippen LogP contribution in [0.2, 0.25) is 0 Å². The van der Waals surface area contributed by atoms with Gasteiger partial charge in [-0.15, -0.1) is 0 Å². The van der Waals surface area contributed by atoms with Crippen molar-refractivity contribution in [1.29, 1.82) is 0 Å². The van der Waals surface area contributed by atoms with Gasteiger partial charge < -0.3 is 25.4 Å². The molecule has 3 N–H and O–H groups in total. The Bertz CT molecular complexity index is 1240. The Balaban J connectivity index is 1.21. The number of nitrogens with one attached hydrogen (secondary N) is 1. The first-order valence-electron chi connectivity index (χ1n) is 12.9. The van der Waals surface area contributed by atoms with Crippen LogP contribution < -0.4 is 11.1 Å². The summed E-state index contributed by atoms with van der Waals surface area (Å²) < 4.78 is 1.87. The molecule has 0 bridgehead atoms. The van der Waals surface area contributed by atoms with E-state index in [1.165, 1.54) is 0 Å². The smallest absolute Gasteiger partial charge is 0.250 e. The number of hydrogen-bond acceptors (Lipinski definition) is 6. The lowest BCUT2D eigenvalue weighted by molar-refractivity contribution is -0.138. The maximum Gasteiger partial charge on any atom is 0.250 e.